The molecule has 2 heterocycles. The molecule has 2 saturated heterocycles. The van der Waals surface area contributed by atoms with Gasteiger partial charge in [0.2, 0.25) is 23.6 Å². The number of amides is 6. The van der Waals surface area contributed by atoms with E-state index in [1.807, 2.05) is 101 Å². The summed E-state index contributed by atoms with van der Waals surface area (Å²) in [4.78, 5) is 84.3. The first-order chi connectivity index (χ1) is 32.7. The van der Waals surface area contributed by atoms with Crippen LogP contribution < -0.4 is 26.6 Å². The highest BCUT2D eigenvalue weighted by atomic mass is 16.6. The molecule has 1 aliphatic carbocycles. The van der Waals surface area contributed by atoms with Crippen LogP contribution in [0.1, 0.15) is 124 Å². The van der Waals surface area contributed by atoms with Crippen molar-refractivity contribution in [2.24, 2.45) is 23.7 Å². The third-order valence-electron chi connectivity index (χ3n) is 13.2. The van der Waals surface area contributed by atoms with Gasteiger partial charge in [-0.15, -0.1) is 0 Å². The normalized spacial score (nSPS) is 19.9. The minimum absolute atomic E-state index is 0.101. The summed E-state index contributed by atoms with van der Waals surface area (Å²) < 4.78 is 10.8. The molecule has 0 spiro atoms. The van der Waals surface area contributed by atoms with Gasteiger partial charge in [-0.1, -0.05) is 101 Å². The van der Waals surface area contributed by atoms with Gasteiger partial charge in [-0.2, -0.15) is 5.06 Å². The lowest BCUT2D eigenvalue weighted by atomic mass is 9.79. The van der Waals surface area contributed by atoms with Gasteiger partial charge in [0.15, 0.2) is 0 Å². The van der Waals surface area contributed by atoms with E-state index in [0.29, 0.717) is 64.0 Å². The molecule has 2 aromatic rings. The number of alkyl carbamates (subject to hydrolysis) is 2. The number of hydrogen-bond donors (Lipinski definition) is 6. The maximum Gasteiger partial charge on any atom is 0.407 e. The summed E-state index contributed by atoms with van der Waals surface area (Å²) in [5.41, 5.74) is 0.507. The lowest BCUT2D eigenvalue weighted by Crippen LogP contribution is -2.64. The zero-order valence-electron chi connectivity index (χ0n) is 42.1. The van der Waals surface area contributed by atoms with Crippen LogP contribution in [0.2, 0.25) is 0 Å². The van der Waals surface area contributed by atoms with Crippen LogP contribution in [-0.2, 0) is 41.7 Å². The van der Waals surface area contributed by atoms with Gasteiger partial charge in [0.05, 0.1) is 18.6 Å². The van der Waals surface area contributed by atoms with Gasteiger partial charge in [-0.3, -0.25) is 19.2 Å². The summed E-state index contributed by atoms with van der Waals surface area (Å²) in [6.07, 6.45) is 8.14. The van der Waals surface area contributed by atoms with Gasteiger partial charge in [0.25, 0.3) is 0 Å². The minimum Gasteiger partial charge on any atom is -0.449 e. The van der Waals surface area contributed by atoms with Crippen LogP contribution in [0.15, 0.2) is 72.8 Å². The first-order valence-electron chi connectivity index (χ1n) is 25.0. The number of likely N-dealkylation sites (tertiary alicyclic amines) is 1. The lowest BCUT2D eigenvalue weighted by Gasteiger charge is -2.51. The lowest BCUT2D eigenvalue weighted by molar-refractivity contribution is -0.246. The molecule has 16 heteroatoms. The van der Waals surface area contributed by atoms with Gasteiger partial charge < -0.3 is 46.2 Å². The minimum atomic E-state index is -1.05. The Kier molecular flexibility index (Phi) is 20.0. The van der Waals surface area contributed by atoms with E-state index in [1.54, 1.807) is 18.7 Å². The summed E-state index contributed by atoms with van der Waals surface area (Å²) >= 11 is 0. The van der Waals surface area contributed by atoms with E-state index in [0.717, 1.165) is 24.0 Å². The molecule has 0 aromatic heterocycles. The van der Waals surface area contributed by atoms with Gasteiger partial charge in [-0.05, 0) is 121 Å². The number of carbonyl (C=O) groups is 6. The Bertz CT molecular complexity index is 2020. The van der Waals surface area contributed by atoms with E-state index in [4.69, 9.17) is 9.47 Å². The van der Waals surface area contributed by atoms with Crippen molar-refractivity contribution in [3.63, 3.8) is 0 Å². The van der Waals surface area contributed by atoms with Gasteiger partial charge >= 0.3 is 12.2 Å². The first kappa shape index (κ1) is 54.5. The highest BCUT2D eigenvalue weighted by molar-refractivity contribution is 5.95. The Morgan fingerprint density at radius 3 is 2.03 bits per heavy atom. The van der Waals surface area contributed by atoms with Crippen molar-refractivity contribution in [3.8, 4) is 0 Å². The van der Waals surface area contributed by atoms with E-state index < -0.39 is 70.9 Å². The Balaban J connectivity index is 1.27. The Morgan fingerprint density at radius 2 is 1.42 bits per heavy atom. The van der Waals surface area contributed by atoms with Crippen molar-refractivity contribution < 1.29 is 43.4 Å². The fourth-order valence-electron chi connectivity index (χ4n) is 9.51. The van der Waals surface area contributed by atoms with Crippen molar-refractivity contribution in [1.82, 2.24) is 36.5 Å². The molecule has 6 amide bonds. The molecule has 380 valence electrons. The molecule has 0 radical (unpaired) electrons. The number of carbonyl (C=O) groups excluding carboxylic acids is 6. The van der Waals surface area contributed by atoms with E-state index in [9.17, 15) is 34.0 Å². The second-order valence-electron chi connectivity index (χ2n) is 21.3. The Hall–Kier alpha value is -5.48. The van der Waals surface area contributed by atoms with Crippen molar-refractivity contribution in [3.05, 3.63) is 83.9 Å². The standard InChI is InChI=1S/C53H79N7O9/c1-35(2)29-41(56-51(66)69-34-39-23-24-39)26-25-40(30-37-17-11-9-12-18-37)49(64)59-28-16-22-44(59)47(62)58-45(36(3)4)48(63)57-43(21-15-27-54-50(65)68-33-38-19-13-10-14-20-38)46(61)55-42-31-52(5,6)60(67)53(7,8)32-42/h9-14,17-20,25-26,35-36,39-45,67H,15-16,21-24,27-34H2,1-8H3,(H,54,65)(H,55,61)(H,56,66)(H,57,63)(H,58,62)/b26-25+/t40-,41-,43+,44+,45-/m1/s1. The third-order valence-corrected chi connectivity index (χ3v) is 13.2. The van der Waals surface area contributed by atoms with Crippen molar-refractivity contribution in [2.75, 3.05) is 19.7 Å². The third kappa shape index (κ3) is 17.2. The topological polar surface area (TPSA) is 208 Å². The van der Waals surface area contributed by atoms with Crippen LogP contribution >= 0.6 is 0 Å². The van der Waals surface area contributed by atoms with E-state index in [-0.39, 0.29) is 43.5 Å². The summed E-state index contributed by atoms with van der Waals surface area (Å²) in [6, 6.07) is 15.4. The van der Waals surface area contributed by atoms with Crippen LogP contribution in [0, 0.1) is 23.7 Å². The molecule has 5 rings (SSSR count). The predicted octanol–water partition coefficient (Wildman–Crippen LogP) is 6.80. The number of hydrogen-bond acceptors (Lipinski definition) is 10. The molecular formula is C53H79N7O9. The van der Waals surface area contributed by atoms with Gasteiger partial charge in [-0.25, -0.2) is 9.59 Å². The largest absolute Gasteiger partial charge is 0.449 e. The maximum atomic E-state index is 14.6. The van der Waals surface area contributed by atoms with Crippen LogP contribution in [0.3, 0.4) is 0 Å². The SMILES string of the molecule is CC(C)C[C@@H](/C=C/[C@H](Cc1ccccc1)C(=O)N1CCC[C@H]1C(=O)N[C@@H](C(=O)N[C@@H](CCCNC(=O)OCc1ccccc1)C(=O)NC1CC(C)(C)N(O)C(C)(C)C1)C(C)C)NC(=O)OCC1CC1. The average Bonchev–Trinajstić information content (AvgIpc) is 4.00. The number of nitrogens with one attached hydrogen (secondary N) is 5. The molecule has 69 heavy (non-hydrogen) atoms. The molecule has 3 fully saturated rings. The van der Waals surface area contributed by atoms with Gasteiger partial charge in [0.1, 0.15) is 24.7 Å². The van der Waals surface area contributed by atoms with Crippen molar-refractivity contribution >= 4 is 35.8 Å². The van der Waals surface area contributed by atoms with E-state index in [1.165, 1.54) is 5.06 Å². The second kappa shape index (κ2) is 25.4. The summed E-state index contributed by atoms with van der Waals surface area (Å²) in [5, 5.41) is 26.9. The summed E-state index contributed by atoms with van der Waals surface area (Å²) in [5.74, 6) is -2.04. The fraction of sp³-hybridized carbons (Fsp3) is 0.623. The molecule has 2 aliphatic heterocycles. The zero-order chi connectivity index (χ0) is 50.3. The number of nitrogens with zero attached hydrogens (tertiary/aromatic N) is 2. The highest BCUT2D eigenvalue weighted by Gasteiger charge is 2.46. The average molecular weight is 958 g/mol. The number of ether oxygens (including phenoxy) is 2. The van der Waals surface area contributed by atoms with Crippen molar-refractivity contribution in [2.45, 2.75) is 167 Å². The number of rotatable bonds is 23. The summed E-state index contributed by atoms with van der Waals surface area (Å²) in [6.45, 7) is 16.4. The van der Waals surface area contributed by atoms with Gasteiger partial charge in [0, 0.05) is 30.2 Å². The molecule has 0 bridgehead atoms. The quantitative estimate of drug-likeness (QED) is 0.0507. The first-order valence-corrected chi connectivity index (χ1v) is 25.0. The molecule has 2 aromatic carbocycles. The summed E-state index contributed by atoms with van der Waals surface area (Å²) in [7, 11) is 0. The molecule has 16 nitrogen and oxygen atoms in total. The molecule has 0 unspecified atom stereocenters. The van der Waals surface area contributed by atoms with Crippen LogP contribution in [0.25, 0.3) is 0 Å². The smallest absolute Gasteiger partial charge is 0.407 e. The molecular weight excluding hydrogens is 879 g/mol. The number of benzene rings is 2. The van der Waals surface area contributed by atoms with E-state index in [2.05, 4.69) is 40.4 Å². The predicted molar refractivity (Wildman–Crippen MR) is 263 cm³/mol. The monoisotopic (exact) mass is 958 g/mol. The molecule has 6 N–H and O–H groups in total. The maximum absolute atomic E-state index is 14.6. The van der Waals surface area contributed by atoms with Crippen LogP contribution in [0.4, 0.5) is 9.59 Å². The number of piperidine rings is 1. The molecule has 3 aliphatic rings. The Labute approximate surface area is 409 Å². The fourth-order valence-corrected chi connectivity index (χ4v) is 9.51. The molecule has 5 atom stereocenters. The number of hydroxylamine groups is 2. The van der Waals surface area contributed by atoms with E-state index >= 15 is 0 Å². The Morgan fingerprint density at radius 1 is 0.783 bits per heavy atom. The highest BCUT2D eigenvalue weighted by Crippen LogP contribution is 2.37. The van der Waals surface area contributed by atoms with Crippen LogP contribution in [0.5, 0.6) is 0 Å². The van der Waals surface area contributed by atoms with Crippen LogP contribution in [-0.4, -0.2) is 112 Å². The second-order valence-corrected chi connectivity index (χ2v) is 21.3. The zero-order valence-corrected chi connectivity index (χ0v) is 42.1. The van der Waals surface area contributed by atoms with Crippen molar-refractivity contribution in [1.29, 1.82) is 0 Å². The molecule has 1 saturated carbocycles.